The van der Waals surface area contributed by atoms with E-state index in [2.05, 4.69) is 10.6 Å². The maximum absolute atomic E-state index is 14.3. The summed E-state index contributed by atoms with van der Waals surface area (Å²) >= 11 is 0. The number of nitro groups is 1. The predicted octanol–water partition coefficient (Wildman–Crippen LogP) is 4.39. The molecular weight excluding hydrogens is 483 g/mol. The van der Waals surface area contributed by atoms with E-state index < -0.39 is 22.6 Å². The number of nitrogens with one attached hydrogen (secondary N) is 2. The first-order chi connectivity index (χ1) is 17.7. The second-order valence-corrected chi connectivity index (χ2v) is 8.38. The Bertz CT molecular complexity index is 1360. The van der Waals surface area contributed by atoms with Crippen LogP contribution in [0.5, 0.6) is 5.75 Å². The van der Waals surface area contributed by atoms with Gasteiger partial charge in [-0.1, -0.05) is 6.07 Å². The minimum Gasteiger partial charge on any atom is -0.497 e. The molecule has 0 spiro atoms. The largest absolute Gasteiger partial charge is 0.497 e. The lowest BCUT2D eigenvalue weighted by Crippen LogP contribution is -2.36. The smallest absolute Gasteiger partial charge is 0.282 e. The Hall–Kier alpha value is -4.51. The molecule has 4 rings (SSSR count). The molecule has 192 valence electrons. The highest BCUT2D eigenvalue weighted by molar-refractivity contribution is 6.09. The number of nitrogens with zero attached hydrogens (tertiary/aromatic N) is 2. The molecule has 0 saturated carbocycles. The van der Waals surface area contributed by atoms with Crippen molar-refractivity contribution in [3.63, 3.8) is 0 Å². The maximum atomic E-state index is 14.3. The average molecular weight is 509 g/mol. The topological polar surface area (TPSA) is 123 Å². The summed E-state index contributed by atoms with van der Waals surface area (Å²) in [7, 11) is 1.39. The summed E-state index contributed by atoms with van der Waals surface area (Å²) in [5.41, 5.74) is 1.54. The van der Waals surface area contributed by atoms with Crippen molar-refractivity contribution in [1.82, 2.24) is 0 Å². The fourth-order valence-corrected chi connectivity index (χ4v) is 3.92. The highest BCUT2D eigenvalue weighted by atomic mass is 19.1. The van der Waals surface area contributed by atoms with Gasteiger partial charge in [0, 0.05) is 41.8 Å². The molecule has 3 aromatic carbocycles. The minimum atomic E-state index is -0.711. The lowest BCUT2D eigenvalue weighted by molar-refractivity contribution is -0.385. The number of benzene rings is 3. The number of ether oxygens (including phenoxy) is 2. The van der Waals surface area contributed by atoms with Crippen LogP contribution in [0.4, 0.5) is 27.1 Å². The van der Waals surface area contributed by atoms with Gasteiger partial charge in [-0.05, 0) is 55.0 Å². The Balaban J connectivity index is 1.54. The zero-order valence-corrected chi connectivity index (χ0v) is 20.2. The van der Waals surface area contributed by atoms with Crippen LogP contribution >= 0.6 is 0 Å². The molecule has 0 bridgehead atoms. The van der Waals surface area contributed by atoms with Gasteiger partial charge in [0.2, 0.25) is 0 Å². The van der Waals surface area contributed by atoms with Gasteiger partial charge in [-0.25, -0.2) is 4.39 Å². The lowest BCUT2D eigenvalue weighted by Gasteiger charge is -2.29. The summed E-state index contributed by atoms with van der Waals surface area (Å²) in [5, 5.41) is 16.8. The van der Waals surface area contributed by atoms with Crippen LogP contribution in [0, 0.1) is 22.9 Å². The van der Waals surface area contributed by atoms with Gasteiger partial charge in [-0.15, -0.1) is 0 Å². The van der Waals surface area contributed by atoms with Gasteiger partial charge in [0.1, 0.15) is 17.1 Å². The summed E-state index contributed by atoms with van der Waals surface area (Å²) in [6.07, 6.45) is 0. The first kappa shape index (κ1) is 25.6. The van der Waals surface area contributed by atoms with E-state index in [0.717, 1.165) is 6.07 Å². The highest BCUT2D eigenvalue weighted by Crippen LogP contribution is 2.27. The second-order valence-electron chi connectivity index (χ2n) is 8.38. The molecule has 0 aromatic heterocycles. The molecule has 11 heteroatoms. The number of methoxy groups -OCH3 is 1. The van der Waals surface area contributed by atoms with E-state index in [0.29, 0.717) is 54.7 Å². The number of halogens is 1. The molecule has 3 aromatic rings. The van der Waals surface area contributed by atoms with Gasteiger partial charge in [0.15, 0.2) is 0 Å². The quantitative estimate of drug-likeness (QED) is 0.358. The molecule has 1 fully saturated rings. The third kappa shape index (κ3) is 6.01. The van der Waals surface area contributed by atoms with Crippen molar-refractivity contribution in [1.29, 1.82) is 0 Å². The highest BCUT2D eigenvalue weighted by Gasteiger charge is 2.22. The van der Waals surface area contributed by atoms with E-state index in [-0.39, 0.29) is 16.8 Å². The van der Waals surface area contributed by atoms with Crippen LogP contribution < -0.4 is 20.3 Å². The summed E-state index contributed by atoms with van der Waals surface area (Å²) in [5.74, 6) is -1.48. The fourth-order valence-electron chi connectivity index (χ4n) is 3.92. The molecule has 1 saturated heterocycles. The average Bonchev–Trinajstić information content (AvgIpc) is 2.90. The Morgan fingerprint density at radius 2 is 1.78 bits per heavy atom. The number of aryl methyl sites for hydroxylation is 1. The summed E-state index contributed by atoms with van der Waals surface area (Å²) in [6.45, 7) is 3.97. The first-order valence-electron chi connectivity index (χ1n) is 11.4. The molecular formula is C26H25FN4O6. The molecule has 10 nitrogen and oxygen atoms in total. The minimum absolute atomic E-state index is 0.139. The van der Waals surface area contributed by atoms with Crippen molar-refractivity contribution in [3.05, 3.63) is 87.2 Å². The van der Waals surface area contributed by atoms with Crippen molar-refractivity contribution in [2.24, 2.45) is 0 Å². The van der Waals surface area contributed by atoms with E-state index in [1.54, 1.807) is 25.1 Å². The number of anilines is 3. The first-order valence-corrected chi connectivity index (χ1v) is 11.4. The normalized spacial score (nSPS) is 13.1. The van der Waals surface area contributed by atoms with Crippen LogP contribution in [0.15, 0.2) is 54.6 Å². The molecule has 2 amide bonds. The lowest BCUT2D eigenvalue weighted by atomic mass is 10.1. The van der Waals surface area contributed by atoms with E-state index >= 15 is 0 Å². The molecule has 37 heavy (non-hydrogen) atoms. The SMILES string of the molecule is COc1ccc([N+](=O)[O-])c(C(=O)Nc2cc(NC(=O)c3cc(F)cc(N4CCOCC4)c3)ccc2C)c1. The van der Waals surface area contributed by atoms with Crippen molar-refractivity contribution in [2.75, 3.05) is 48.9 Å². The van der Waals surface area contributed by atoms with Gasteiger partial charge in [-0.2, -0.15) is 0 Å². The zero-order chi connectivity index (χ0) is 26.5. The number of hydrogen-bond acceptors (Lipinski definition) is 7. The van der Waals surface area contributed by atoms with Gasteiger partial charge in [0.25, 0.3) is 17.5 Å². The van der Waals surface area contributed by atoms with Crippen molar-refractivity contribution >= 4 is 34.6 Å². The van der Waals surface area contributed by atoms with Crippen LogP contribution in [0.1, 0.15) is 26.3 Å². The number of amides is 2. The zero-order valence-electron chi connectivity index (χ0n) is 20.2. The maximum Gasteiger partial charge on any atom is 0.282 e. The third-order valence-corrected chi connectivity index (χ3v) is 5.91. The number of carbonyl (C=O) groups excluding carboxylic acids is 2. The van der Waals surface area contributed by atoms with Gasteiger partial charge >= 0.3 is 0 Å². The van der Waals surface area contributed by atoms with Gasteiger partial charge in [0.05, 0.1) is 25.2 Å². The summed E-state index contributed by atoms with van der Waals surface area (Å²) in [6, 6.07) is 12.9. The molecule has 0 radical (unpaired) electrons. The number of hydrogen-bond donors (Lipinski definition) is 2. The Morgan fingerprint density at radius 3 is 2.49 bits per heavy atom. The van der Waals surface area contributed by atoms with E-state index in [9.17, 15) is 24.1 Å². The molecule has 0 atom stereocenters. The molecule has 1 heterocycles. The second kappa shape index (κ2) is 11.0. The molecule has 0 unspecified atom stereocenters. The molecule has 1 aliphatic rings. The van der Waals surface area contributed by atoms with E-state index in [1.807, 2.05) is 4.90 Å². The Morgan fingerprint density at radius 1 is 1.03 bits per heavy atom. The van der Waals surface area contributed by atoms with Crippen molar-refractivity contribution < 1.29 is 28.4 Å². The van der Waals surface area contributed by atoms with Crippen LogP contribution in [-0.2, 0) is 4.74 Å². The fraction of sp³-hybridized carbons (Fsp3) is 0.231. The van der Waals surface area contributed by atoms with Gasteiger partial charge < -0.3 is 25.0 Å². The number of rotatable bonds is 7. The molecule has 1 aliphatic heterocycles. The monoisotopic (exact) mass is 508 g/mol. The number of morpholine rings is 1. The molecule has 0 aliphatic carbocycles. The molecule has 2 N–H and O–H groups in total. The third-order valence-electron chi connectivity index (χ3n) is 5.91. The van der Waals surface area contributed by atoms with Crippen LogP contribution in [-0.4, -0.2) is 50.2 Å². The summed E-state index contributed by atoms with van der Waals surface area (Å²) < 4.78 is 24.7. The van der Waals surface area contributed by atoms with Crippen molar-refractivity contribution in [2.45, 2.75) is 6.92 Å². The number of carbonyl (C=O) groups is 2. The van der Waals surface area contributed by atoms with Crippen LogP contribution in [0.3, 0.4) is 0 Å². The van der Waals surface area contributed by atoms with Crippen molar-refractivity contribution in [3.8, 4) is 5.75 Å². The van der Waals surface area contributed by atoms with E-state index in [4.69, 9.17) is 9.47 Å². The Kier molecular flexibility index (Phi) is 7.63. The Labute approximate surface area is 212 Å². The number of nitro benzene ring substituents is 1. The standard InChI is InChI=1S/C26H25FN4O6/c1-16-3-4-19(14-23(16)29-26(33)22-15-21(36-2)5-6-24(22)31(34)35)28-25(32)17-11-18(27)13-20(12-17)30-7-9-37-10-8-30/h3-6,11-15H,7-10H2,1-2H3,(H,28,32)(H,29,33). The predicted molar refractivity (Wildman–Crippen MR) is 136 cm³/mol. The van der Waals surface area contributed by atoms with E-state index in [1.165, 1.54) is 37.4 Å². The van der Waals surface area contributed by atoms with Crippen LogP contribution in [0.25, 0.3) is 0 Å². The van der Waals surface area contributed by atoms with Gasteiger partial charge in [-0.3, -0.25) is 19.7 Å². The van der Waals surface area contributed by atoms with Crippen LogP contribution in [0.2, 0.25) is 0 Å². The summed E-state index contributed by atoms with van der Waals surface area (Å²) in [4.78, 5) is 38.6.